The van der Waals surface area contributed by atoms with Crippen molar-refractivity contribution < 1.29 is 32.6 Å². The monoisotopic (exact) mass is 439 g/mol. The van der Waals surface area contributed by atoms with E-state index in [9.17, 15) is 27.9 Å². The number of hydrogen-bond donors (Lipinski definition) is 1. The van der Waals surface area contributed by atoms with Gasteiger partial charge in [-0.05, 0) is 35.9 Å². The first-order valence-corrected chi connectivity index (χ1v) is 9.21. The number of thioether (sulfide) groups is 1. The Hall–Kier alpha value is -2.85. The summed E-state index contributed by atoms with van der Waals surface area (Å²) < 4.78 is 44.9. The summed E-state index contributed by atoms with van der Waals surface area (Å²) in [6.45, 7) is 0. The van der Waals surface area contributed by atoms with Crippen LogP contribution in [0.5, 0.6) is 5.75 Å². The van der Waals surface area contributed by atoms with Gasteiger partial charge in [0.05, 0.1) is 23.3 Å². The maximum absolute atomic E-state index is 13.3. The first-order chi connectivity index (χ1) is 13.6. The van der Waals surface area contributed by atoms with Gasteiger partial charge in [-0.15, -0.1) is 0 Å². The number of ether oxygens (including phenoxy) is 1. The Balaban J connectivity index is 2.01. The molecule has 150 valence electrons. The van der Waals surface area contributed by atoms with Crippen molar-refractivity contribution in [1.82, 2.24) is 0 Å². The van der Waals surface area contributed by atoms with Gasteiger partial charge in [0.25, 0.3) is 5.91 Å². The molecule has 1 aliphatic heterocycles. The van der Waals surface area contributed by atoms with Crippen molar-refractivity contribution in [2.24, 2.45) is 0 Å². The third-order valence-electron chi connectivity index (χ3n) is 4.00. The number of thiocarbonyl (C=S) groups is 1. The summed E-state index contributed by atoms with van der Waals surface area (Å²) in [6.07, 6.45) is -3.28. The molecule has 1 aliphatic rings. The van der Waals surface area contributed by atoms with Crippen LogP contribution < -0.4 is 9.64 Å². The molecule has 5 nitrogen and oxygen atoms in total. The first kappa shape index (κ1) is 20.9. The average Bonchev–Trinajstić information content (AvgIpc) is 2.94. The van der Waals surface area contributed by atoms with Gasteiger partial charge in [0.15, 0.2) is 4.32 Å². The lowest BCUT2D eigenvalue weighted by molar-refractivity contribution is -0.137. The van der Waals surface area contributed by atoms with E-state index in [4.69, 9.17) is 17.0 Å². The molecular weight excluding hydrogens is 427 g/mol. The zero-order chi connectivity index (χ0) is 21.3. The SMILES string of the molecule is COc1ccc(/C=C2\SC(=S)N(c3ccccc3C(F)(F)F)C2=O)cc1C(=O)O. The van der Waals surface area contributed by atoms with Crippen LogP contribution in [-0.2, 0) is 11.0 Å². The van der Waals surface area contributed by atoms with Crippen molar-refractivity contribution in [2.45, 2.75) is 6.18 Å². The lowest BCUT2D eigenvalue weighted by Gasteiger charge is -2.20. The third-order valence-corrected chi connectivity index (χ3v) is 5.30. The van der Waals surface area contributed by atoms with Crippen LogP contribution >= 0.6 is 24.0 Å². The second-order valence-corrected chi connectivity index (χ2v) is 7.47. The van der Waals surface area contributed by atoms with Crippen LogP contribution in [0.15, 0.2) is 47.4 Å². The number of para-hydroxylation sites is 1. The van der Waals surface area contributed by atoms with Crippen molar-refractivity contribution in [1.29, 1.82) is 0 Å². The zero-order valence-corrected chi connectivity index (χ0v) is 16.3. The molecule has 1 fully saturated rings. The molecule has 2 aromatic carbocycles. The molecule has 0 saturated carbocycles. The molecule has 0 spiro atoms. The number of methoxy groups -OCH3 is 1. The number of carbonyl (C=O) groups excluding carboxylic acids is 1. The smallest absolute Gasteiger partial charge is 0.418 e. The number of aromatic carboxylic acids is 1. The van der Waals surface area contributed by atoms with E-state index in [-0.39, 0.29) is 26.2 Å². The zero-order valence-electron chi connectivity index (χ0n) is 14.7. The van der Waals surface area contributed by atoms with Crippen LogP contribution in [0.25, 0.3) is 6.08 Å². The number of amides is 1. The van der Waals surface area contributed by atoms with E-state index >= 15 is 0 Å². The fourth-order valence-corrected chi connectivity index (χ4v) is 4.00. The molecule has 0 aliphatic carbocycles. The number of hydrogen-bond acceptors (Lipinski definition) is 5. The Morgan fingerprint density at radius 1 is 1.24 bits per heavy atom. The van der Waals surface area contributed by atoms with Gasteiger partial charge in [-0.3, -0.25) is 9.69 Å². The highest BCUT2D eigenvalue weighted by atomic mass is 32.2. The number of nitrogens with zero attached hydrogens (tertiary/aromatic N) is 1. The highest BCUT2D eigenvalue weighted by Crippen LogP contribution is 2.42. The molecule has 1 heterocycles. The van der Waals surface area contributed by atoms with Gasteiger partial charge in [0.2, 0.25) is 0 Å². The molecule has 0 aromatic heterocycles. The number of carbonyl (C=O) groups is 2. The maximum atomic E-state index is 13.3. The van der Waals surface area contributed by atoms with Crippen LogP contribution in [0.3, 0.4) is 0 Å². The Labute approximate surface area is 172 Å². The van der Waals surface area contributed by atoms with E-state index in [0.29, 0.717) is 5.56 Å². The van der Waals surface area contributed by atoms with Crippen LogP contribution in [0.4, 0.5) is 18.9 Å². The van der Waals surface area contributed by atoms with Crippen LogP contribution in [0.2, 0.25) is 0 Å². The second-order valence-electron chi connectivity index (χ2n) is 5.80. The predicted molar refractivity (Wildman–Crippen MR) is 107 cm³/mol. The lowest BCUT2D eigenvalue weighted by atomic mass is 10.1. The minimum absolute atomic E-state index is 0.0510. The van der Waals surface area contributed by atoms with E-state index in [0.717, 1.165) is 22.7 Å². The first-order valence-electron chi connectivity index (χ1n) is 7.99. The number of halogens is 3. The van der Waals surface area contributed by atoms with E-state index in [1.54, 1.807) is 0 Å². The molecular formula is C19H12F3NO4S2. The third kappa shape index (κ3) is 4.13. The van der Waals surface area contributed by atoms with Gasteiger partial charge in [0.1, 0.15) is 11.3 Å². The Morgan fingerprint density at radius 2 is 1.93 bits per heavy atom. The van der Waals surface area contributed by atoms with Crippen LogP contribution in [0.1, 0.15) is 21.5 Å². The number of anilines is 1. The normalized spacial score (nSPS) is 15.9. The summed E-state index contributed by atoms with van der Waals surface area (Å²) >= 11 is 5.97. The molecule has 10 heteroatoms. The predicted octanol–water partition coefficient (Wildman–Crippen LogP) is 4.82. The molecule has 1 N–H and O–H groups in total. The summed E-state index contributed by atoms with van der Waals surface area (Å²) in [5.41, 5.74) is -1.08. The van der Waals surface area contributed by atoms with Gasteiger partial charge < -0.3 is 9.84 Å². The molecule has 29 heavy (non-hydrogen) atoms. The Bertz CT molecular complexity index is 1050. The summed E-state index contributed by atoms with van der Waals surface area (Å²) in [5.74, 6) is -1.80. The highest BCUT2D eigenvalue weighted by Gasteiger charge is 2.40. The molecule has 1 saturated heterocycles. The van der Waals surface area contributed by atoms with E-state index in [1.165, 1.54) is 49.6 Å². The van der Waals surface area contributed by atoms with E-state index in [2.05, 4.69) is 0 Å². The quantitative estimate of drug-likeness (QED) is 0.544. The highest BCUT2D eigenvalue weighted by molar-refractivity contribution is 8.27. The fraction of sp³-hybridized carbons (Fsp3) is 0.105. The van der Waals surface area contributed by atoms with Crippen molar-refractivity contribution in [3.63, 3.8) is 0 Å². The van der Waals surface area contributed by atoms with Crippen molar-refractivity contribution in [3.8, 4) is 5.75 Å². The van der Waals surface area contributed by atoms with Gasteiger partial charge in [-0.25, -0.2) is 4.79 Å². The molecule has 2 aromatic rings. The summed E-state index contributed by atoms with van der Waals surface area (Å²) in [4.78, 5) is 25.0. The molecule has 0 unspecified atom stereocenters. The molecule has 1 amide bonds. The van der Waals surface area contributed by atoms with Crippen LogP contribution in [0, 0.1) is 0 Å². The van der Waals surface area contributed by atoms with Gasteiger partial charge >= 0.3 is 12.1 Å². The topological polar surface area (TPSA) is 66.8 Å². The average molecular weight is 439 g/mol. The minimum atomic E-state index is -4.66. The molecule has 0 radical (unpaired) electrons. The van der Waals surface area contributed by atoms with Gasteiger partial charge in [-0.1, -0.05) is 42.2 Å². The second kappa shape index (κ2) is 7.88. The Morgan fingerprint density at radius 3 is 2.55 bits per heavy atom. The summed E-state index contributed by atoms with van der Waals surface area (Å²) in [5, 5.41) is 9.27. The molecule has 0 atom stereocenters. The van der Waals surface area contributed by atoms with E-state index < -0.39 is 23.6 Å². The maximum Gasteiger partial charge on any atom is 0.418 e. The lowest BCUT2D eigenvalue weighted by Crippen LogP contribution is -2.29. The van der Waals surface area contributed by atoms with Crippen LogP contribution in [-0.4, -0.2) is 28.4 Å². The Kier molecular flexibility index (Phi) is 5.67. The summed E-state index contributed by atoms with van der Waals surface area (Å²) in [7, 11) is 1.32. The number of carboxylic acid groups (broad SMARTS) is 1. The standard InChI is InChI=1S/C19H12F3NO4S2/c1-27-14-7-6-10(8-11(14)17(25)26)9-15-16(24)23(18(28)29-15)13-5-3-2-4-12(13)19(20,21)22/h2-9H,1H3,(H,25,26)/b15-9-. The summed E-state index contributed by atoms with van der Waals surface area (Å²) in [6, 6.07) is 8.92. The van der Waals surface area contributed by atoms with Gasteiger partial charge in [-0.2, -0.15) is 13.2 Å². The van der Waals surface area contributed by atoms with Crippen molar-refractivity contribution in [2.75, 3.05) is 12.0 Å². The number of carboxylic acids is 1. The van der Waals surface area contributed by atoms with Crippen molar-refractivity contribution in [3.05, 3.63) is 64.1 Å². The number of alkyl halides is 3. The number of rotatable bonds is 4. The van der Waals surface area contributed by atoms with E-state index in [1.807, 2.05) is 0 Å². The minimum Gasteiger partial charge on any atom is -0.496 e. The molecule has 3 rings (SSSR count). The number of benzene rings is 2. The van der Waals surface area contributed by atoms with Crippen molar-refractivity contribution >= 4 is 51.9 Å². The van der Waals surface area contributed by atoms with Gasteiger partial charge in [0, 0.05) is 0 Å². The fourth-order valence-electron chi connectivity index (χ4n) is 2.72. The largest absolute Gasteiger partial charge is 0.496 e. The molecule has 0 bridgehead atoms.